The second-order valence-corrected chi connectivity index (χ2v) is 7.89. The number of phenols is 1. The molecular formula is C20H22N4O2S. The summed E-state index contributed by atoms with van der Waals surface area (Å²) in [5.74, 6) is 2.19. The first kappa shape index (κ1) is 17.6. The average Bonchev–Trinajstić information content (AvgIpc) is 2.96. The summed E-state index contributed by atoms with van der Waals surface area (Å²) in [5, 5.41) is 13.5. The Morgan fingerprint density at radius 3 is 2.78 bits per heavy atom. The van der Waals surface area contributed by atoms with Crippen molar-refractivity contribution in [3.63, 3.8) is 0 Å². The molecule has 1 aromatic carbocycles. The monoisotopic (exact) mass is 382 g/mol. The molecule has 0 unspecified atom stereocenters. The summed E-state index contributed by atoms with van der Waals surface area (Å²) in [7, 11) is 1.81. The maximum atomic E-state index is 10.5. The van der Waals surface area contributed by atoms with E-state index in [2.05, 4.69) is 45.3 Å². The van der Waals surface area contributed by atoms with Crippen LogP contribution < -0.4 is 15.0 Å². The first-order valence-electron chi connectivity index (χ1n) is 8.87. The van der Waals surface area contributed by atoms with Crippen molar-refractivity contribution >= 4 is 23.1 Å². The molecule has 0 bridgehead atoms. The molecule has 0 spiro atoms. The Labute approximate surface area is 162 Å². The van der Waals surface area contributed by atoms with Gasteiger partial charge in [-0.15, -0.1) is 11.3 Å². The average molecular weight is 382 g/mol. The number of phenolic OH excluding ortho intramolecular Hbond substituents is 1. The number of aromatic nitrogens is 2. The van der Waals surface area contributed by atoms with Gasteiger partial charge in [-0.1, -0.05) is 0 Å². The van der Waals surface area contributed by atoms with Crippen LogP contribution in [0.3, 0.4) is 0 Å². The molecule has 27 heavy (non-hydrogen) atoms. The Morgan fingerprint density at radius 2 is 2.04 bits per heavy atom. The highest BCUT2D eigenvalue weighted by molar-refractivity contribution is 7.15. The lowest BCUT2D eigenvalue weighted by atomic mass is 10.1. The van der Waals surface area contributed by atoms with Gasteiger partial charge in [0.2, 0.25) is 5.95 Å². The first-order valence-corrected chi connectivity index (χ1v) is 9.69. The lowest BCUT2D eigenvalue weighted by molar-refractivity contribution is 0.311. The van der Waals surface area contributed by atoms with E-state index < -0.39 is 0 Å². The lowest BCUT2D eigenvalue weighted by Crippen LogP contribution is -2.26. The van der Waals surface area contributed by atoms with Crippen LogP contribution in [0, 0.1) is 13.8 Å². The standard InChI is InChI=1S/C20H22N4O2S/c1-12-8-18(23-20(21-3)22-12)24-6-7-26-19-15(11-24)9-14(10-16(19)25)17-5-4-13(2)27-17/h4-5,8-10,25H,6-7,11H2,1-3H3,(H,21,22,23). The number of nitrogens with one attached hydrogen (secondary N) is 1. The SMILES string of the molecule is CNc1nc(C)cc(N2CCOc3c(O)cc(-c4ccc(C)s4)cc3C2)n1. The maximum absolute atomic E-state index is 10.5. The summed E-state index contributed by atoms with van der Waals surface area (Å²) in [6, 6.07) is 10.0. The van der Waals surface area contributed by atoms with E-state index in [1.165, 1.54) is 4.88 Å². The zero-order chi connectivity index (χ0) is 19.0. The number of ether oxygens (including phenoxy) is 1. The molecule has 0 atom stereocenters. The molecule has 0 radical (unpaired) electrons. The summed E-state index contributed by atoms with van der Waals surface area (Å²) >= 11 is 1.72. The molecule has 7 heteroatoms. The summed E-state index contributed by atoms with van der Waals surface area (Å²) in [6.45, 7) is 5.81. The van der Waals surface area contributed by atoms with Crippen molar-refractivity contribution in [2.24, 2.45) is 0 Å². The van der Waals surface area contributed by atoms with Crippen molar-refractivity contribution in [3.05, 3.63) is 46.5 Å². The number of aromatic hydroxyl groups is 1. The fourth-order valence-corrected chi connectivity index (χ4v) is 4.11. The molecule has 0 amide bonds. The molecule has 140 valence electrons. The lowest BCUT2D eigenvalue weighted by Gasteiger charge is -2.22. The van der Waals surface area contributed by atoms with Crippen LogP contribution in [0.25, 0.3) is 10.4 Å². The van der Waals surface area contributed by atoms with E-state index in [4.69, 9.17) is 4.74 Å². The molecule has 0 aliphatic carbocycles. The second kappa shape index (κ2) is 7.08. The molecule has 6 nitrogen and oxygen atoms in total. The molecule has 4 rings (SSSR count). The molecule has 3 aromatic rings. The molecule has 0 fully saturated rings. The molecule has 1 aliphatic rings. The Kier molecular flexibility index (Phi) is 4.61. The minimum absolute atomic E-state index is 0.185. The molecule has 2 aromatic heterocycles. The van der Waals surface area contributed by atoms with Crippen LogP contribution in [-0.4, -0.2) is 35.3 Å². The maximum Gasteiger partial charge on any atom is 0.224 e. The minimum atomic E-state index is 0.185. The summed E-state index contributed by atoms with van der Waals surface area (Å²) in [6.07, 6.45) is 0. The second-order valence-electron chi connectivity index (χ2n) is 6.61. The summed E-state index contributed by atoms with van der Waals surface area (Å²) in [4.78, 5) is 13.5. The number of benzene rings is 1. The van der Waals surface area contributed by atoms with Gasteiger partial charge in [-0.3, -0.25) is 0 Å². The largest absolute Gasteiger partial charge is 0.504 e. The van der Waals surface area contributed by atoms with Crippen molar-refractivity contribution in [1.29, 1.82) is 0 Å². The van der Waals surface area contributed by atoms with E-state index in [1.807, 2.05) is 20.0 Å². The zero-order valence-electron chi connectivity index (χ0n) is 15.6. The fourth-order valence-electron chi connectivity index (χ4n) is 3.25. The molecule has 3 heterocycles. The van der Waals surface area contributed by atoms with Crippen molar-refractivity contribution in [2.75, 3.05) is 30.4 Å². The Hall–Kier alpha value is -2.80. The topological polar surface area (TPSA) is 70.5 Å². The molecule has 0 saturated carbocycles. The van der Waals surface area contributed by atoms with E-state index >= 15 is 0 Å². The van der Waals surface area contributed by atoms with Gasteiger partial charge in [0.1, 0.15) is 12.4 Å². The summed E-state index contributed by atoms with van der Waals surface area (Å²) < 4.78 is 5.87. The summed E-state index contributed by atoms with van der Waals surface area (Å²) in [5.41, 5.74) is 2.86. The van der Waals surface area contributed by atoms with E-state index in [0.717, 1.165) is 27.5 Å². The van der Waals surface area contributed by atoms with Gasteiger partial charge in [0.05, 0.1) is 6.54 Å². The van der Waals surface area contributed by atoms with Crippen molar-refractivity contribution in [2.45, 2.75) is 20.4 Å². The van der Waals surface area contributed by atoms with Crippen molar-refractivity contribution in [1.82, 2.24) is 9.97 Å². The van der Waals surface area contributed by atoms with Gasteiger partial charge in [-0.05, 0) is 43.7 Å². The number of rotatable bonds is 3. The smallest absolute Gasteiger partial charge is 0.224 e. The van der Waals surface area contributed by atoms with Crippen LogP contribution in [0.5, 0.6) is 11.5 Å². The predicted octanol–water partition coefficient (Wildman–Crippen LogP) is 3.97. The third kappa shape index (κ3) is 3.55. The quantitative estimate of drug-likeness (QED) is 0.714. The predicted molar refractivity (Wildman–Crippen MR) is 109 cm³/mol. The van der Waals surface area contributed by atoms with E-state index in [9.17, 15) is 5.11 Å². The van der Waals surface area contributed by atoms with Crippen LogP contribution in [0.15, 0.2) is 30.3 Å². The molecule has 0 saturated heterocycles. The van der Waals surface area contributed by atoms with Crippen LogP contribution in [0.1, 0.15) is 16.1 Å². The van der Waals surface area contributed by atoms with Gasteiger partial charge in [0.15, 0.2) is 11.5 Å². The van der Waals surface area contributed by atoms with Gasteiger partial charge in [-0.2, -0.15) is 4.98 Å². The number of nitrogens with zero attached hydrogens (tertiary/aromatic N) is 3. The van der Waals surface area contributed by atoms with Gasteiger partial charge in [-0.25, -0.2) is 4.98 Å². The van der Waals surface area contributed by atoms with Gasteiger partial charge in [0, 0.05) is 40.7 Å². The minimum Gasteiger partial charge on any atom is -0.504 e. The first-order chi connectivity index (χ1) is 13.0. The van der Waals surface area contributed by atoms with Crippen LogP contribution in [-0.2, 0) is 6.54 Å². The highest BCUT2D eigenvalue weighted by Crippen LogP contribution is 2.39. The van der Waals surface area contributed by atoms with Crippen LogP contribution in [0.2, 0.25) is 0 Å². The highest BCUT2D eigenvalue weighted by atomic mass is 32.1. The number of hydrogen-bond acceptors (Lipinski definition) is 7. The van der Waals surface area contributed by atoms with Gasteiger partial charge < -0.3 is 20.1 Å². The van der Waals surface area contributed by atoms with E-state index in [0.29, 0.717) is 31.4 Å². The fraction of sp³-hybridized carbons (Fsp3) is 0.300. The highest BCUT2D eigenvalue weighted by Gasteiger charge is 2.21. The van der Waals surface area contributed by atoms with Crippen molar-refractivity contribution in [3.8, 4) is 21.9 Å². The Morgan fingerprint density at radius 1 is 1.19 bits per heavy atom. The van der Waals surface area contributed by atoms with E-state index in [1.54, 1.807) is 17.4 Å². The van der Waals surface area contributed by atoms with Gasteiger partial charge in [0.25, 0.3) is 0 Å². The number of fused-ring (bicyclic) bond motifs is 1. The number of aryl methyl sites for hydroxylation is 2. The number of hydrogen-bond donors (Lipinski definition) is 2. The normalized spacial score (nSPS) is 13.7. The van der Waals surface area contributed by atoms with Crippen LogP contribution >= 0.6 is 11.3 Å². The van der Waals surface area contributed by atoms with Crippen molar-refractivity contribution < 1.29 is 9.84 Å². The molecule has 1 aliphatic heterocycles. The Bertz CT molecular complexity index is 986. The Balaban J connectivity index is 1.73. The number of anilines is 2. The molecule has 2 N–H and O–H groups in total. The molecular weight excluding hydrogens is 360 g/mol. The van der Waals surface area contributed by atoms with Gasteiger partial charge >= 0.3 is 0 Å². The van der Waals surface area contributed by atoms with E-state index in [-0.39, 0.29) is 5.75 Å². The van der Waals surface area contributed by atoms with Crippen LogP contribution in [0.4, 0.5) is 11.8 Å². The number of thiophene rings is 1. The zero-order valence-corrected chi connectivity index (χ0v) is 16.4. The third-order valence-electron chi connectivity index (χ3n) is 4.53. The third-order valence-corrected chi connectivity index (χ3v) is 5.58.